The number of hydrogen-bond donors (Lipinski definition) is 3. The van der Waals surface area contributed by atoms with Gasteiger partial charge in [-0.1, -0.05) is 0 Å². The molecule has 0 spiro atoms. The number of carbonyl (C=O) groups is 2. The molecule has 3 aromatic heterocycles. The molecule has 0 atom stereocenters. The molecule has 5 heterocycles. The van der Waals surface area contributed by atoms with Gasteiger partial charge >= 0.3 is 0 Å². The van der Waals surface area contributed by atoms with E-state index in [1.165, 1.54) is 5.56 Å². The van der Waals surface area contributed by atoms with Crippen molar-refractivity contribution in [3.63, 3.8) is 0 Å². The molecule has 2 fully saturated rings. The number of nitrogens with zero attached hydrogens (tertiary/aromatic N) is 4. The van der Waals surface area contributed by atoms with Crippen molar-refractivity contribution < 1.29 is 9.59 Å². The van der Waals surface area contributed by atoms with Crippen LogP contribution in [0.2, 0.25) is 0 Å². The molecule has 35 heavy (non-hydrogen) atoms. The number of amides is 2. The van der Waals surface area contributed by atoms with E-state index in [-0.39, 0.29) is 11.1 Å². The van der Waals surface area contributed by atoms with Gasteiger partial charge in [0, 0.05) is 32.0 Å². The van der Waals surface area contributed by atoms with Gasteiger partial charge in [-0.3, -0.25) is 14.9 Å². The number of aromatic amines is 1. The van der Waals surface area contributed by atoms with E-state index in [1.54, 1.807) is 18.3 Å². The summed E-state index contributed by atoms with van der Waals surface area (Å²) in [5.74, 6) is 0.852. The van der Waals surface area contributed by atoms with E-state index in [2.05, 4.69) is 49.5 Å². The standard InChI is InChI=1S/C25H27N7O2S/c1-16-11-19(29-21(12-16)20-3-2-7-27-20)15-26-14-17-5-9-32(10-6-17)24-28-8-4-18(30-24)13-22-23(33)31-25(34)35-22/h2-4,7-8,11-13,17,26-27H,5-6,9-10,14-15H2,1H3,(H,31,33,34)/b22-13+. The van der Waals surface area contributed by atoms with Gasteiger partial charge in [0.15, 0.2) is 0 Å². The highest BCUT2D eigenvalue weighted by atomic mass is 32.2. The largest absolute Gasteiger partial charge is 0.360 e. The summed E-state index contributed by atoms with van der Waals surface area (Å²) in [6, 6.07) is 9.99. The minimum atomic E-state index is -0.380. The van der Waals surface area contributed by atoms with Crippen LogP contribution in [0.25, 0.3) is 17.5 Å². The predicted molar refractivity (Wildman–Crippen MR) is 137 cm³/mol. The average molecular weight is 490 g/mol. The van der Waals surface area contributed by atoms with Crippen LogP contribution in [-0.4, -0.2) is 50.7 Å². The first-order valence-corrected chi connectivity index (χ1v) is 12.5. The molecule has 0 aromatic carbocycles. The smallest absolute Gasteiger partial charge is 0.290 e. The molecular weight excluding hydrogens is 462 g/mol. The summed E-state index contributed by atoms with van der Waals surface area (Å²) in [6.45, 7) is 5.53. The maximum atomic E-state index is 11.8. The summed E-state index contributed by atoms with van der Waals surface area (Å²) in [6.07, 6.45) is 7.33. The molecule has 2 saturated heterocycles. The third-order valence-electron chi connectivity index (χ3n) is 6.12. The molecule has 9 nitrogen and oxygen atoms in total. The second-order valence-electron chi connectivity index (χ2n) is 8.80. The van der Waals surface area contributed by atoms with E-state index in [4.69, 9.17) is 4.98 Å². The van der Waals surface area contributed by atoms with Gasteiger partial charge in [0.1, 0.15) is 0 Å². The van der Waals surface area contributed by atoms with Gasteiger partial charge < -0.3 is 15.2 Å². The van der Waals surface area contributed by atoms with Gasteiger partial charge in [-0.2, -0.15) is 0 Å². The highest BCUT2D eigenvalue weighted by molar-refractivity contribution is 8.18. The lowest BCUT2D eigenvalue weighted by Crippen LogP contribution is -2.38. The lowest BCUT2D eigenvalue weighted by atomic mass is 9.97. The number of thioether (sulfide) groups is 1. The minimum Gasteiger partial charge on any atom is -0.360 e. The third-order valence-corrected chi connectivity index (χ3v) is 6.93. The number of imide groups is 1. The fraction of sp³-hybridized carbons (Fsp3) is 0.320. The summed E-state index contributed by atoms with van der Waals surface area (Å²) in [5.41, 5.74) is 4.87. The third kappa shape index (κ3) is 5.77. The van der Waals surface area contributed by atoms with Gasteiger partial charge in [0.2, 0.25) is 5.95 Å². The van der Waals surface area contributed by atoms with Crippen molar-refractivity contribution >= 4 is 34.9 Å². The number of anilines is 1. The molecule has 3 N–H and O–H groups in total. The van der Waals surface area contributed by atoms with Crippen LogP contribution in [0.15, 0.2) is 47.6 Å². The SMILES string of the molecule is Cc1cc(CNCC2CCN(c3nccc(/C=C4/SC(=O)NC4=O)n3)CC2)nc(-c2ccc[nH]2)c1. The van der Waals surface area contributed by atoms with E-state index >= 15 is 0 Å². The summed E-state index contributed by atoms with van der Waals surface area (Å²) in [4.78, 5) is 42.7. The Kier molecular flexibility index (Phi) is 6.91. The number of piperidine rings is 1. The zero-order valence-electron chi connectivity index (χ0n) is 19.5. The second-order valence-corrected chi connectivity index (χ2v) is 9.81. The van der Waals surface area contributed by atoms with Crippen LogP contribution in [0.5, 0.6) is 0 Å². The van der Waals surface area contributed by atoms with Gasteiger partial charge in [0.05, 0.1) is 27.7 Å². The van der Waals surface area contributed by atoms with Crippen LogP contribution < -0.4 is 15.5 Å². The monoisotopic (exact) mass is 489 g/mol. The molecule has 180 valence electrons. The first kappa shape index (κ1) is 23.3. The molecule has 2 aliphatic heterocycles. The van der Waals surface area contributed by atoms with Gasteiger partial charge in [0.25, 0.3) is 11.1 Å². The Balaban J connectivity index is 1.12. The maximum Gasteiger partial charge on any atom is 0.290 e. The predicted octanol–water partition coefficient (Wildman–Crippen LogP) is 3.51. The first-order chi connectivity index (χ1) is 17.0. The van der Waals surface area contributed by atoms with Crippen molar-refractivity contribution in [2.75, 3.05) is 24.5 Å². The Morgan fingerprint density at radius 1 is 1.20 bits per heavy atom. The summed E-state index contributed by atoms with van der Waals surface area (Å²) in [5, 5.41) is 5.49. The number of rotatable bonds is 7. The quantitative estimate of drug-likeness (QED) is 0.432. The van der Waals surface area contributed by atoms with Crippen molar-refractivity contribution in [3.05, 3.63) is 64.6 Å². The molecular formula is C25H27N7O2S. The number of aromatic nitrogens is 4. The molecule has 3 aromatic rings. The first-order valence-electron chi connectivity index (χ1n) is 11.7. The lowest BCUT2D eigenvalue weighted by molar-refractivity contribution is -0.115. The Hall–Kier alpha value is -3.50. The van der Waals surface area contributed by atoms with Crippen LogP contribution in [0.1, 0.15) is 29.8 Å². The number of hydrogen-bond acceptors (Lipinski definition) is 8. The molecule has 0 radical (unpaired) electrons. The van der Waals surface area contributed by atoms with Crippen LogP contribution in [0.4, 0.5) is 10.7 Å². The number of H-pyrrole nitrogens is 1. The Morgan fingerprint density at radius 2 is 2.06 bits per heavy atom. The zero-order chi connectivity index (χ0) is 24.2. The normalized spacial score (nSPS) is 17.9. The van der Waals surface area contributed by atoms with E-state index in [0.717, 1.165) is 67.9 Å². The van der Waals surface area contributed by atoms with E-state index in [9.17, 15) is 9.59 Å². The van der Waals surface area contributed by atoms with E-state index in [1.807, 2.05) is 18.3 Å². The molecule has 0 saturated carbocycles. The van der Waals surface area contributed by atoms with Crippen molar-refractivity contribution in [3.8, 4) is 11.4 Å². The number of nitrogens with one attached hydrogen (secondary N) is 3. The molecule has 10 heteroatoms. The highest BCUT2D eigenvalue weighted by Gasteiger charge is 2.25. The molecule has 2 amide bonds. The molecule has 5 rings (SSSR count). The van der Waals surface area contributed by atoms with Crippen LogP contribution >= 0.6 is 11.8 Å². The Labute approximate surface area is 207 Å². The fourth-order valence-electron chi connectivity index (χ4n) is 4.35. The van der Waals surface area contributed by atoms with Crippen molar-refractivity contribution in [2.45, 2.75) is 26.3 Å². The van der Waals surface area contributed by atoms with Gasteiger partial charge in [-0.25, -0.2) is 15.0 Å². The highest BCUT2D eigenvalue weighted by Crippen LogP contribution is 2.26. The Morgan fingerprint density at radius 3 is 2.80 bits per heavy atom. The average Bonchev–Trinajstić information content (AvgIpc) is 3.49. The van der Waals surface area contributed by atoms with Crippen molar-refractivity contribution in [1.82, 2.24) is 30.6 Å². The Bertz CT molecular complexity index is 1250. The van der Waals surface area contributed by atoms with Crippen molar-refractivity contribution in [2.24, 2.45) is 5.92 Å². The maximum absolute atomic E-state index is 11.8. The van der Waals surface area contributed by atoms with E-state index < -0.39 is 0 Å². The van der Waals surface area contributed by atoms with Crippen molar-refractivity contribution in [1.29, 1.82) is 0 Å². The number of aryl methyl sites for hydroxylation is 1. The lowest BCUT2D eigenvalue weighted by Gasteiger charge is -2.32. The summed E-state index contributed by atoms with van der Waals surface area (Å²) < 4.78 is 0. The zero-order valence-corrected chi connectivity index (χ0v) is 20.3. The molecule has 0 unspecified atom stereocenters. The van der Waals surface area contributed by atoms with E-state index in [0.29, 0.717) is 22.5 Å². The number of carbonyl (C=O) groups excluding carboxylic acids is 2. The minimum absolute atomic E-state index is 0.354. The second kappa shape index (κ2) is 10.4. The van der Waals surface area contributed by atoms with Gasteiger partial charge in [-0.05, 0) is 86.0 Å². The molecule has 0 bridgehead atoms. The molecule has 2 aliphatic rings. The van der Waals surface area contributed by atoms with Gasteiger partial charge in [-0.15, -0.1) is 0 Å². The summed E-state index contributed by atoms with van der Waals surface area (Å²) >= 11 is 0.891. The summed E-state index contributed by atoms with van der Waals surface area (Å²) in [7, 11) is 0. The van der Waals surface area contributed by atoms with Crippen LogP contribution in [0.3, 0.4) is 0 Å². The molecule has 0 aliphatic carbocycles. The van der Waals surface area contributed by atoms with Crippen LogP contribution in [-0.2, 0) is 11.3 Å². The number of pyridine rings is 1. The topological polar surface area (TPSA) is 116 Å². The van der Waals surface area contributed by atoms with Crippen LogP contribution in [0, 0.1) is 12.8 Å². The fourth-order valence-corrected chi connectivity index (χ4v) is 5.02.